The van der Waals surface area contributed by atoms with Crippen LogP contribution in [0.1, 0.15) is 18.4 Å². The Hall–Kier alpha value is -1.13. The molecular formula is C12H18ClN3O. The van der Waals surface area contributed by atoms with E-state index in [0.717, 1.165) is 5.56 Å². The Balaban J connectivity index is 0.00000144. The van der Waals surface area contributed by atoms with E-state index >= 15 is 0 Å². The van der Waals surface area contributed by atoms with E-state index in [9.17, 15) is 4.79 Å². The minimum atomic E-state index is 0. The number of amides is 1. The number of nitrogens with zero attached hydrogens (tertiary/aromatic N) is 1. The van der Waals surface area contributed by atoms with E-state index < -0.39 is 0 Å². The van der Waals surface area contributed by atoms with Gasteiger partial charge >= 0.3 is 0 Å². The molecule has 94 valence electrons. The molecule has 1 aliphatic carbocycles. The van der Waals surface area contributed by atoms with Gasteiger partial charge in [0.2, 0.25) is 5.91 Å². The Bertz CT molecular complexity index is 354. The topological polar surface area (TPSA) is 68.0 Å². The first-order valence-electron chi connectivity index (χ1n) is 5.68. The van der Waals surface area contributed by atoms with Crippen LogP contribution in [0.5, 0.6) is 0 Å². The third-order valence-corrected chi connectivity index (χ3v) is 2.88. The SMILES string of the molecule is Cl.NCC(NC(=O)Cc1cccnc1)C1CC1. The largest absolute Gasteiger partial charge is 0.352 e. The lowest BCUT2D eigenvalue weighted by atomic mass is 10.1. The van der Waals surface area contributed by atoms with Gasteiger partial charge in [-0.25, -0.2) is 0 Å². The number of rotatable bonds is 5. The third-order valence-electron chi connectivity index (χ3n) is 2.88. The molecule has 1 saturated carbocycles. The summed E-state index contributed by atoms with van der Waals surface area (Å²) < 4.78 is 0. The molecule has 1 amide bonds. The molecule has 0 aliphatic heterocycles. The molecule has 0 spiro atoms. The van der Waals surface area contributed by atoms with Crippen LogP contribution in [-0.2, 0) is 11.2 Å². The summed E-state index contributed by atoms with van der Waals surface area (Å²) >= 11 is 0. The number of halogens is 1. The van der Waals surface area contributed by atoms with E-state index in [1.165, 1.54) is 12.8 Å². The fourth-order valence-corrected chi connectivity index (χ4v) is 1.81. The average Bonchev–Trinajstić information content (AvgIpc) is 3.11. The number of nitrogens with one attached hydrogen (secondary N) is 1. The second kappa shape index (κ2) is 6.57. The van der Waals surface area contributed by atoms with Gasteiger partial charge in [0.25, 0.3) is 0 Å². The third kappa shape index (κ3) is 4.32. The summed E-state index contributed by atoms with van der Waals surface area (Å²) in [6.07, 6.45) is 6.18. The van der Waals surface area contributed by atoms with Crippen LogP contribution in [0.15, 0.2) is 24.5 Å². The van der Waals surface area contributed by atoms with Crippen molar-refractivity contribution in [1.29, 1.82) is 0 Å². The van der Waals surface area contributed by atoms with E-state index in [4.69, 9.17) is 5.73 Å². The van der Waals surface area contributed by atoms with E-state index in [0.29, 0.717) is 18.9 Å². The summed E-state index contributed by atoms with van der Waals surface area (Å²) in [5.41, 5.74) is 6.56. The molecule has 1 unspecified atom stereocenters. The number of aromatic nitrogens is 1. The van der Waals surface area contributed by atoms with Gasteiger partial charge in [0.1, 0.15) is 0 Å². The van der Waals surface area contributed by atoms with Crippen molar-refractivity contribution in [2.24, 2.45) is 11.7 Å². The van der Waals surface area contributed by atoms with Crippen LogP contribution in [-0.4, -0.2) is 23.5 Å². The van der Waals surface area contributed by atoms with Crippen LogP contribution < -0.4 is 11.1 Å². The molecule has 5 heteroatoms. The first-order valence-corrected chi connectivity index (χ1v) is 5.68. The van der Waals surface area contributed by atoms with Crippen molar-refractivity contribution in [1.82, 2.24) is 10.3 Å². The second-order valence-electron chi connectivity index (χ2n) is 4.29. The van der Waals surface area contributed by atoms with Crippen LogP contribution in [0.3, 0.4) is 0 Å². The Morgan fingerprint density at radius 2 is 2.35 bits per heavy atom. The molecule has 1 aliphatic rings. The van der Waals surface area contributed by atoms with Crippen molar-refractivity contribution >= 4 is 18.3 Å². The molecule has 1 heterocycles. The molecule has 2 rings (SSSR count). The number of carbonyl (C=O) groups is 1. The summed E-state index contributed by atoms with van der Waals surface area (Å²) in [5.74, 6) is 0.637. The van der Waals surface area contributed by atoms with Gasteiger partial charge < -0.3 is 11.1 Å². The van der Waals surface area contributed by atoms with Crippen molar-refractivity contribution < 1.29 is 4.79 Å². The van der Waals surface area contributed by atoms with Crippen LogP contribution >= 0.6 is 12.4 Å². The van der Waals surface area contributed by atoms with Gasteiger partial charge in [-0.3, -0.25) is 9.78 Å². The van der Waals surface area contributed by atoms with Gasteiger partial charge in [0.15, 0.2) is 0 Å². The highest BCUT2D eigenvalue weighted by molar-refractivity contribution is 5.85. The average molecular weight is 256 g/mol. The van der Waals surface area contributed by atoms with Crippen molar-refractivity contribution in [3.8, 4) is 0 Å². The predicted octanol–water partition coefficient (Wildman–Crippen LogP) is 0.899. The van der Waals surface area contributed by atoms with Gasteiger partial charge in [0.05, 0.1) is 6.42 Å². The zero-order chi connectivity index (χ0) is 11.4. The molecule has 1 fully saturated rings. The second-order valence-corrected chi connectivity index (χ2v) is 4.29. The molecule has 0 saturated heterocycles. The first kappa shape index (κ1) is 13.9. The standard InChI is InChI=1S/C12H17N3O.ClH/c13-7-11(10-3-4-10)15-12(16)6-9-2-1-5-14-8-9;/h1-2,5,8,10-11H,3-4,6-7,13H2,(H,15,16);1H. The maximum Gasteiger partial charge on any atom is 0.224 e. The Kier molecular flexibility index (Phi) is 5.38. The quantitative estimate of drug-likeness (QED) is 0.822. The van der Waals surface area contributed by atoms with E-state index in [1.54, 1.807) is 12.4 Å². The van der Waals surface area contributed by atoms with Crippen molar-refractivity contribution in [2.75, 3.05) is 6.54 Å². The number of pyridine rings is 1. The van der Waals surface area contributed by atoms with E-state index in [1.807, 2.05) is 12.1 Å². The lowest BCUT2D eigenvalue weighted by Gasteiger charge is -2.15. The highest BCUT2D eigenvalue weighted by Gasteiger charge is 2.31. The van der Waals surface area contributed by atoms with Gasteiger partial charge in [-0.15, -0.1) is 12.4 Å². The van der Waals surface area contributed by atoms with E-state index in [2.05, 4.69) is 10.3 Å². The summed E-state index contributed by atoms with van der Waals surface area (Å²) in [5, 5.41) is 2.99. The summed E-state index contributed by atoms with van der Waals surface area (Å²) in [6.45, 7) is 0.531. The highest BCUT2D eigenvalue weighted by Crippen LogP contribution is 2.32. The number of hydrogen-bond acceptors (Lipinski definition) is 3. The minimum Gasteiger partial charge on any atom is -0.352 e. The van der Waals surface area contributed by atoms with Crippen LogP contribution in [0, 0.1) is 5.92 Å². The molecular weight excluding hydrogens is 238 g/mol. The monoisotopic (exact) mass is 255 g/mol. The first-order chi connectivity index (χ1) is 7.79. The molecule has 0 bridgehead atoms. The highest BCUT2D eigenvalue weighted by atomic mass is 35.5. The zero-order valence-electron chi connectivity index (χ0n) is 9.63. The zero-order valence-corrected chi connectivity index (χ0v) is 10.5. The van der Waals surface area contributed by atoms with Crippen molar-refractivity contribution in [2.45, 2.75) is 25.3 Å². The molecule has 3 N–H and O–H groups in total. The fourth-order valence-electron chi connectivity index (χ4n) is 1.81. The maximum absolute atomic E-state index is 11.7. The maximum atomic E-state index is 11.7. The lowest BCUT2D eigenvalue weighted by molar-refractivity contribution is -0.121. The van der Waals surface area contributed by atoms with Gasteiger partial charge in [-0.05, 0) is 30.4 Å². The molecule has 1 aromatic rings. The van der Waals surface area contributed by atoms with Crippen LogP contribution in [0.25, 0.3) is 0 Å². The fraction of sp³-hybridized carbons (Fsp3) is 0.500. The molecule has 4 nitrogen and oxygen atoms in total. The van der Waals surface area contributed by atoms with Gasteiger partial charge in [0, 0.05) is 25.0 Å². The smallest absolute Gasteiger partial charge is 0.224 e. The summed E-state index contributed by atoms with van der Waals surface area (Å²) in [4.78, 5) is 15.7. The van der Waals surface area contributed by atoms with Crippen LogP contribution in [0.2, 0.25) is 0 Å². The lowest BCUT2D eigenvalue weighted by Crippen LogP contribution is -2.42. The summed E-state index contributed by atoms with van der Waals surface area (Å²) in [7, 11) is 0. The van der Waals surface area contributed by atoms with Crippen molar-refractivity contribution in [3.63, 3.8) is 0 Å². The van der Waals surface area contributed by atoms with Gasteiger partial charge in [-0.2, -0.15) is 0 Å². The number of nitrogens with two attached hydrogens (primary N) is 1. The Morgan fingerprint density at radius 3 is 2.88 bits per heavy atom. The Morgan fingerprint density at radius 1 is 1.59 bits per heavy atom. The number of carbonyl (C=O) groups excluding carboxylic acids is 1. The molecule has 17 heavy (non-hydrogen) atoms. The molecule has 1 aromatic heterocycles. The Labute approximate surface area is 107 Å². The normalized spacial score (nSPS) is 15.8. The van der Waals surface area contributed by atoms with Crippen molar-refractivity contribution in [3.05, 3.63) is 30.1 Å². The van der Waals surface area contributed by atoms with E-state index in [-0.39, 0.29) is 24.4 Å². The minimum absolute atomic E-state index is 0. The van der Waals surface area contributed by atoms with Gasteiger partial charge in [-0.1, -0.05) is 6.07 Å². The molecule has 1 atom stereocenters. The number of hydrogen-bond donors (Lipinski definition) is 2. The predicted molar refractivity (Wildman–Crippen MR) is 68.9 cm³/mol. The summed E-state index contributed by atoms with van der Waals surface area (Å²) in [6, 6.07) is 3.90. The molecule has 0 aromatic carbocycles. The van der Waals surface area contributed by atoms with Crippen LogP contribution in [0.4, 0.5) is 0 Å². The molecule has 0 radical (unpaired) electrons.